The van der Waals surface area contributed by atoms with Crippen LogP contribution in [0.2, 0.25) is 0 Å². The van der Waals surface area contributed by atoms with Crippen molar-refractivity contribution in [2.45, 2.75) is 18.1 Å². The van der Waals surface area contributed by atoms with Crippen LogP contribution in [0.1, 0.15) is 27.3 Å². The van der Waals surface area contributed by atoms with Crippen LogP contribution in [0.3, 0.4) is 0 Å². The molecule has 1 aromatic heterocycles. The van der Waals surface area contributed by atoms with Crippen molar-refractivity contribution < 1.29 is 13.2 Å². The zero-order chi connectivity index (χ0) is 20.1. The highest BCUT2D eigenvalue weighted by atomic mass is 32.2. The van der Waals surface area contributed by atoms with Gasteiger partial charge in [0.15, 0.2) is 15.5 Å². The molecule has 0 saturated carbocycles. The minimum atomic E-state index is -3.35. The molecular formula is C20H20N4O3S. The number of benzene rings is 2. The number of amides is 1. The van der Waals surface area contributed by atoms with E-state index < -0.39 is 15.7 Å². The molecule has 8 heteroatoms. The van der Waals surface area contributed by atoms with E-state index in [-0.39, 0.29) is 23.7 Å². The van der Waals surface area contributed by atoms with Crippen LogP contribution in [0, 0.1) is 0 Å². The molecule has 28 heavy (non-hydrogen) atoms. The Morgan fingerprint density at radius 3 is 2.32 bits per heavy atom. The van der Waals surface area contributed by atoms with Gasteiger partial charge in [-0.1, -0.05) is 48.5 Å². The van der Waals surface area contributed by atoms with E-state index in [9.17, 15) is 13.2 Å². The smallest absolute Gasteiger partial charge is 0.269 e. The summed E-state index contributed by atoms with van der Waals surface area (Å²) < 4.78 is 25.1. The van der Waals surface area contributed by atoms with E-state index in [1.54, 1.807) is 36.4 Å². The Balaban J connectivity index is 1.86. The lowest BCUT2D eigenvalue weighted by molar-refractivity contribution is 0.0994. The Labute approximate surface area is 163 Å². The maximum atomic E-state index is 12.5. The molecule has 0 unspecified atom stereocenters. The van der Waals surface area contributed by atoms with Gasteiger partial charge in [0, 0.05) is 12.1 Å². The van der Waals surface area contributed by atoms with Crippen LogP contribution in [0.25, 0.3) is 11.3 Å². The molecule has 144 valence electrons. The molecule has 0 aliphatic heterocycles. The molecule has 0 fully saturated rings. The quantitative estimate of drug-likeness (QED) is 0.627. The topological polar surface area (TPSA) is 129 Å². The van der Waals surface area contributed by atoms with Gasteiger partial charge in [-0.3, -0.25) is 9.78 Å². The van der Waals surface area contributed by atoms with Crippen LogP contribution in [0.4, 0.5) is 0 Å². The fraction of sp³-hybridized carbons (Fsp3) is 0.150. The third-order valence-electron chi connectivity index (χ3n) is 4.11. The third kappa shape index (κ3) is 4.79. The SMILES string of the molecule is NCc1ncc(-c2cccc(CS(=O)(=O)Cc3ccccc3)c2)nc1C(N)=O. The number of carbonyl (C=O) groups is 1. The largest absolute Gasteiger partial charge is 0.364 e. The summed E-state index contributed by atoms with van der Waals surface area (Å²) in [6.07, 6.45) is 1.49. The summed E-state index contributed by atoms with van der Waals surface area (Å²) in [5.74, 6) is -0.849. The van der Waals surface area contributed by atoms with E-state index in [1.165, 1.54) is 6.20 Å². The summed E-state index contributed by atoms with van der Waals surface area (Å²) in [7, 11) is -3.35. The highest BCUT2D eigenvalue weighted by molar-refractivity contribution is 7.89. The number of aromatic nitrogens is 2. The number of primary amides is 1. The van der Waals surface area contributed by atoms with Crippen molar-refractivity contribution in [3.05, 3.63) is 83.3 Å². The van der Waals surface area contributed by atoms with E-state index in [2.05, 4.69) is 9.97 Å². The molecule has 0 aliphatic carbocycles. The monoisotopic (exact) mass is 396 g/mol. The molecule has 7 nitrogen and oxygen atoms in total. The number of nitrogens with zero attached hydrogens (tertiary/aromatic N) is 2. The van der Waals surface area contributed by atoms with Gasteiger partial charge in [-0.2, -0.15) is 0 Å². The van der Waals surface area contributed by atoms with Crippen molar-refractivity contribution in [2.75, 3.05) is 0 Å². The molecule has 0 spiro atoms. The predicted octanol–water partition coefficient (Wildman–Crippen LogP) is 1.82. The average molecular weight is 396 g/mol. The minimum Gasteiger partial charge on any atom is -0.364 e. The highest BCUT2D eigenvalue weighted by Crippen LogP contribution is 2.21. The van der Waals surface area contributed by atoms with Gasteiger partial charge >= 0.3 is 0 Å². The van der Waals surface area contributed by atoms with Crippen molar-refractivity contribution in [1.82, 2.24) is 9.97 Å². The summed E-state index contributed by atoms with van der Waals surface area (Å²) in [6, 6.07) is 16.0. The van der Waals surface area contributed by atoms with Gasteiger partial charge in [0.05, 0.1) is 29.1 Å². The van der Waals surface area contributed by atoms with Gasteiger partial charge in [-0.15, -0.1) is 0 Å². The van der Waals surface area contributed by atoms with E-state index in [0.717, 1.165) is 5.56 Å². The third-order valence-corrected chi connectivity index (χ3v) is 5.66. The van der Waals surface area contributed by atoms with Gasteiger partial charge in [0.2, 0.25) is 0 Å². The summed E-state index contributed by atoms with van der Waals surface area (Å²) in [6.45, 7) is 0.0450. The van der Waals surface area contributed by atoms with E-state index >= 15 is 0 Å². The molecule has 0 saturated heterocycles. The van der Waals surface area contributed by atoms with Crippen molar-refractivity contribution in [3.63, 3.8) is 0 Å². The standard InChI is InChI=1S/C20H20N4O3S/c21-10-17-19(20(22)25)24-18(11-23-17)16-8-4-7-15(9-16)13-28(26,27)12-14-5-2-1-3-6-14/h1-9,11H,10,12-13,21H2,(H2,22,25). The molecule has 1 heterocycles. The summed E-state index contributed by atoms with van der Waals surface area (Å²) in [5.41, 5.74) is 13.7. The molecule has 3 rings (SSSR count). The molecule has 0 radical (unpaired) electrons. The van der Waals surface area contributed by atoms with Crippen LogP contribution in [0.5, 0.6) is 0 Å². The average Bonchev–Trinajstić information content (AvgIpc) is 2.67. The van der Waals surface area contributed by atoms with Crippen molar-refractivity contribution in [3.8, 4) is 11.3 Å². The van der Waals surface area contributed by atoms with Gasteiger partial charge in [-0.05, 0) is 17.2 Å². The highest BCUT2D eigenvalue weighted by Gasteiger charge is 2.15. The lowest BCUT2D eigenvalue weighted by atomic mass is 10.1. The Kier molecular flexibility index (Phi) is 5.81. The Morgan fingerprint density at radius 2 is 1.64 bits per heavy atom. The van der Waals surface area contributed by atoms with E-state index in [4.69, 9.17) is 11.5 Å². The second kappa shape index (κ2) is 8.28. The van der Waals surface area contributed by atoms with Gasteiger partial charge in [-0.25, -0.2) is 13.4 Å². The Bertz CT molecular complexity index is 1100. The predicted molar refractivity (Wildman–Crippen MR) is 107 cm³/mol. The van der Waals surface area contributed by atoms with Crippen LogP contribution in [0.15, 0.2) is 60.8 Å². The van der Waals surface area contributed by atoms with Gasteiger partial charge in [0.1, 0.15) is 0 Å². The fourth-order valence-corrected chi connectivity index (χ4v) is 4.34. The summed E-state index contributed by atoms with van der Waals surface area (Å²) >= 11 is 0. The first-order valence-electron chi connectivity index (χ1n) is 8.57. The lowest BCUT2D eigenvalue weighted by Gasteiger charge is -2.09. The van der Waals surface area contributed by atoms with Crippen molar-refractivity contribution in [1.29, 1.82) is 0 Å². The van der Waals surface area contributed by atoms with Gasteiger partial charge < -0.3 is 11.5 Å². The molecule has 2 aromatic carbocycles. The molecule has 0 bridgehead atoms. The molecule has 0 aliphatic rings. The van der Waals surface area contributed by atoms with Crippen molar-refractivity contribution in [2.24, 2.45) is 11.5 Å². The maximum Gasteiger partial charge on any atom is 0.269 e. The molecule has 1 amide bonds. The summed E-state index contributed by atoms with van der Waals surface area (Å²) in [5, 5.41) is 0. The van der Waals surface area contributed by atoms with Gasteiger partial charge in [0.25, 0.3) is 5.91 Å². The number of sulfone groups is 1. The maximum absolute atomic E-state index is 12.5. The number of rotatable bonds is 7. The zero-order valence-corrected chi connectivity index (χ0v) is 15.9. The number of carbonyl (C=O) groups excluding carboxylic acids is 1. The Hall–Kier alpha value is -3.10. The van der Waals surface area contributed by atoms with E-state index in [0.29, 0.717) is 22.5 Å². The first-order valence-corrected chi connectivity index (χ1v) is 10.4. The molecule has 3 aromatic rings. The number of hydrogen-bond donors (Lipinski definition) is 2. The fourth-order valence-electron chi connectivity index (χ4n) is 2.85. The number of hydrogen-bond acceptors (Lipinski definition) is 6. The first-order chi connectivity index (χ1) is 13.4. The van der Waals surface area contributed by atoms with Crippen molar-refractivity contribution >= 4 is 15.7 Å². The van der Waals surface area contributed by atoms with Crippen LogP contribution in [-0.2, 0) is 27.9 Å². The second-order valence-corrected chi connectivity index (χ2v) is 8.40. The van der Waals surface area contributed by atoms with Crippen LogP contribution >= 0.6 is 0 Å². The molecular weight excluding hydrogens is 376 g/mol. The first kappa shape index (κ1) is 19.7. The van der Waals surface area contributed by atoms with E-state index in [1.807, 2.05) is 18.2 Å². The lowest BCUT2D eigenvalue weighted by Crippen LogP contribution is -2.19. The Morgan fingerprint density at radius 1 is 0.964 bits per heavy atom. The number of nitrogens with two attached hydrogens (primary N) is 2. The zero-order valence-electron chi connectivity index (χ0n) is 15.1. The minimum absolute atomic E-state index is 0.0158. The summed E-state index contributed by atoms with van der Waals surface area (Å²) in [4.78, 5) is 20.0. The van der Waals surface area contributed by atoms with Crippen LogP contribution in [-0.4, -0.2) is 24.3 Å². The van der Waals surface area contributed by atoms with Crippen LogP contribution < -0.4 is 11.5 Å². The molecule has 4 N–H and O–H groups in total. The normalized spacial score (nSPS) is 11.3. The second-order valence-electron chi connectivity index (χ2n) is 6.34. The molecule has 0 atom stereocenters.